The lowest BCUT2D eigenvalue weighted by Crippen LogP contribution is -2.45. The molecule has 0 radical (unpaired) electrons. The van der Waals surface area contributed by atoms with Crippen molar-refractivity contribution in [2.24, 2.45) is 0 Å². The number of allylic oxidation sites excluding steroid dienone is 5. The molecule has 0 saturated heterocycles. The highest BCUT2D eigenvalue weighted by atomic mass is 16.3. The summed E-state index contributed by atoms with van der Waals surface area (Å²) in [7, 11) is 0. The first kappa shape index (κ1) is 62.6. The van der Waals surface area contributed by atoms with Gasteiger partial charge in [-0.15, -0.1) is 0 Å². The van der Waals surface area contributed by atoms with E-state index in [1.165, 1.54) is 270 Å². The molecule has 0 aliphatic heterocycles. The standard InChI is InChI=1S/C60H115NO3/c1-3-5-7-9-11-13-15-17-19-21-23-25-27-29-30-32-33-35-37-39-41-43-45-47-49-51-53-55-59(63)58(57-62)61-60(64)56-54-52-50-48-46-44-42-40-38-36-34-31-28-26-24-22-20-18-16-14-12-10-8-6-4-2/h22,24,45,47,53,55,58-59,62-63H,3-21,23,25-44,46,48-52,54,56-57H2,1-2H3,(H,61,64)/b24-22-,47-45+,55-53+. The van der Waals surface area contributed by atoms with Gasteiger partial charge in [-0.1, -0.05) is 294 Å². The topological polar surface area (TPSA) is 69.6 Å². The van der Waals surface area contributed by atoms with Gasteiger partial charge in [-0.05, 0) is 57.8 Å². The van der Waals surface area contributed by atoms with Crippen LogP contribution in [0, 0.1) is 0 Å². The third-order valence-electron chi connectivity index (χ3n) is 13.6. The molecule has 4 heteroatoms. The Morgan fingerprint density at radius 1 is 0.359 bits per heavy atom. The first-order valence-electron chi connectivity index (χ1n) is 29.2. The molecule has 64 heavy (non-hydrogen) atoms. The molecule has 1 amide bonds. The number of aliphatic hydroxyl groups is 2. The number of carbonyl (C=O) groups excluding carboxylic acids is 1. The van der Waals surface area contributed by atoms with Crippen molar-refractivity contribution in [3.63, 3.8) is 0 Å². The molecular formula is C60H115NO3. The zero-order valence-corrected chi connectivity index (χ0v) is 43.6. The monoisotopic (exact) mass is 898 g/mol. The van der Waals surface area contributed by atoms with Crippen LogP contribution in [0.15, 0.2) is 36.5 Å². The van der Waals surface area contributed by atoms with Crippen molar-refractivity contribution in [3.8, 4) is 0 Å². The van der Waals surface area contributed by atoms with E-state index >= 15 is 0 Å². The minimum absolute atomic E-state index is 0.0693. The van der Waals surface area contributed by atoms with E-state index in [0.29, 0.717) is 6.42 Å². The van der Waals surface area contributed by atoms with E-state index in [-0.39, 0.29) is 12.5 Å². The number of aliphatic hydroxyl groups excluding tert-OH is 2. The van der Waals surface area contributed by atoms with E-state index in [4.69, 9.17) is 0 Å². The molecule has 378 valence electrons. The molecule has 0 fully saturated rings. The maximum Gasteiger partial charge on any atom is 0.220 e. The summed E-state index contributed by atoms with van der Waals surface area (Å²) in [6.45, 7) is 4.33. The Balaban J connectivity index is 3.50. The third-order valence-corrected chi connectivity index (χ3v) is 13.6. The van der Waals surface area contributed by atoms with E-state index in [1.807, 2.05) is 6.08 Å². The molecule has 3 N–H and O–H groups in total. The summed E-state index contributed by atoms with van der Waals surface area (Å²) in [6.07, 6.45) is 76.1. The Hall–Kier alpha value is -1.39. The van der Waals surface area contributed by atoms with Crippen molar-refractivity contribution < 1.29 is 15.0 Å². The molecule has 0 aliphatic carbocycles. The minimum Gasteiger partial charge on any atom is -0.394 e. The van der Waals surface area contributed by atoms with Gasteiger partial charge in [-0.2, -0.15) is 0 Å². The second kappa shape index (κ2) is 55.9. The van der Waals surface area contributed by atoms with E-state index in [0.717, 1.165) is 32.1 Å². The SMILES string of the molecule is CCCCCCCCCC/C=C\CCCCCCCCCCCCCCCC(=O)NC(CO)C(O)/C=C/CC/C=C/CCCCCCCCCCCCCCCCCCCCCCC. The Labute approximate surface area is 402 Å². The molecule has 2 unspecified atom stereocenters. The quantitative estimate of drug-likeness (QED) is 0.0421. The number of carbonyl (C=O) groups is 1. The zero-order chi connectivity index (χ0) is 46.3. The summed E-state index contributed by atoms with van der Waals surface area (Å²) in [5.74, 6) is -0.0693. The highest BCUT2D eigenvalue weighted by molar-refractivity contribution is 5.76. The van der Waals surface area contributed by atoms with Crippen molar-refractivity contribution >= 4 is 5.91 Å². The smallest absolute Gasteiger partial charge is 0.220 e. The van der Waals surface area contributed by atoms with Gasteiger partial charge in [0.25, 0.3) is 0 Å². The number of amides is 1. The molecule has 0 heterocycles. The molecule has 0 spiro atoms. The van der Waals surface area contributed by atoms with Crippen LogP contribution in [0.3, 0.4) is 0 Å². The largest absolute Gasteiger partial charge is 0.394 e. The van der Waals surface area contributed by atoms with Gasteiger partial charge in [-0.25, -0.2) is 0 Å². The molecule has 0 aromatic rings. The van der Waals surface area contributed by atoms with Crippen LogP contribution in [0.25, 0.3) is 0 Å². The Bertz CT molecular complexity index is 974. The molecular weight excluding hydrogens is 783 g/mol. The Morgan fingerprint density at radius 3 is 0.906 bits per heavy atom. The summed E-state index contributed by atoms with van der Waals surface area (Å²) in [5.41, 5.74) is 0. The second-order valence-electron chi connectivity index (χ2n) is 20.1. The van der Waals surface area contributed by atoms with E-state index in [9.17, 15) is 15.0 Å². The van der Waals surface area contributed by atoms with Gasteiger partial charge < -0.3 is 15.5 Å². The van der Waals surface area contributed by atoms with Crippen LogP contribution in [0.2, 0.25) is 0 Å². The average molecular weight is 899 g/mol. The van der Waals surface area contributed by atoms with Crippen LogP contribution in [0.1, 0.15) is 322 Å². The van der Waals surface area contributed by atoms with E-state index in [2.05, 4.69) is 43.5 Å². The van der Waals surface area contributed by atoms with Gasteiger partial charge in [0.1, 0.15) is 0 Å². The molecule has 0 aromatic heterocycles. The lowest BCUT2D eigenvalue weighted by molar-refractivity contribution is -0.123. The number of nitrogens with one attached hydrogen (secondary N) is 1. The van der Waals surface area contributed by atoms with Gasteiger partial charge in [0.05, 0.1) is 18.8 Å². The fourth-order valence-electron chi connectivity index (χ4n) is 9.13. The van der Waals surface area contributed by atoms with Crippen molar-refractivity contribution in [3.05, 3.63) is 36.5 Å². The fraction of sp³-hybridized carbons (Fsp3) is 0.883. The van der Waals surface area contributed by atoms with Crippen molar-refractivity contribution in [1.82, 2.24) is 5.32 Å². The van der Waals surface area contributed by atoms with Crippen LogP contribution in [0.5, 0.6) is 0 Å². The molecule has 0 bridgehead atoms. The van der Waals surface area contributed by atoms with Crippen LogP contribution in [0.4, 0.5) is 0 Å². The van der Waals surface area contributed by atoms with Crippen molar-refractivity contribution in [2.75, 3.05) is 6.61 Å². The molecule has 4 nitrogen and oxygen atoms in total. The fourth-order valence-corrected chi connectivity index (χ4v) is 9.13. The highest BCUT2D eigenvalue weighted by Gasteiger charge is 2.18. The average Bonchev–Trinajstić information content (AvgIpc) is 3.30. The molecule has 2 atom stereocenters. The molecule has 0 aliphatic rings. The van der Waals surface area contributed by atoms with Gasteiger partial charge in [-0.3, -0.25) is 4.79 Å². The van der Waals surface area contributed by atoms with Crippen molar-refractivity contribution in [1.29, 1.82) is 0 Å². The zero-order valence-electron chi connectivity index (χ0n) is 43.6. The normalized spacial score (nSPS) is 13.0. The van der Waals surface area contributed by atoms with E-state index < -0.39 is 12.1 Å². The summed E-state index contributed by atoms with van der Waals surface area (Å²) in [5, 5.41) is 23.2. The predicted molar refractivity (Wildman–Crippen MR) is 285 cm³/mol. The first-order valence-corrected chi connectivity index (χ1v) is 29.2. The maximum atomic E-state index is 12.5. The van der Waals surface area contributed by atoms with Crippen LogP contribution >= 0.6 is 0 Å². The Morgan fingerprint density at radius 2 is 0.609 bits per heavy atom. The Kier molecular flexibility index (Phi) is 54.7. The van der Waals surface area contributed by atoms with Gasteiger partial charge in [0.15, 0.2) is 0 Å². The van der Waals surface area contributed by atoms with Crippen LogP contribution in [-0.4, -0.2) is 34.9 Å². The molecule has 0 rings (SSSR count). The van der Waals surface area contributed by atoms with E-state index in [1.54, 1.807) is 6.08 Å². The number of hydrogen-bond donors (Lipinski definition) is 3. The van der Waals surface area contributed by atoms with Crippen LogP contribution in [-0.2, 0) is 4.79 Å². The number of unbranched alkanes of at least 4 members (excludes halogenated alkanes) is 43. The molecule has 0 aromatic carbocycles. The van der Waals surface area contributed by atoms with Gasteiger partial charge >= 0.3 is 0 Å². The number of hydrogen-bond acceptors (Lipinski definition) is 3. The van der Waals surface area contributed by atoms with Gasteiger partial charge in [0, 0.05) is 6.42 Å². The second-order valence-corrected chi connectivity index (χ2v) is 20.1. The van der Waals surface area contributed by atoms with Crippen molar-refractivity contribution in [2.45, 2.75) is 334 Å². The first-order chi connectivity index (χ1) is 31.7. The lowest BCUT2D eigenvalue weighted by atomic mass is 10.0. The third kappa shape index (κ3) is 51.6. The summed E-state index contributed by atoms with van der Waals surface area (Å²) in [4.78, 5) is 12.5. The lowest BCUT2D eigenvalue weighted by Gasteiger charge is -2.19. The summed E-state index contributed by atoms with van der Waals surface area (Å²) < 4.78 is 0. The minimum atomic E-state index is -0.862. The summed E-state index contributed by atoms with van der Waals surface area (Å²) in [6, 6.07) is -0.639. The van der Waals surface area contributed by atoms with Crippen LogP contribution < -0.4 is 5.32 Å². The highest BCUT2D eigenvalue weighted by Crippen LogP contribution is 2.17. The molecule has 0 saturated carbocycles. The van der Waals surface area contributed by atoms with Gasteiger partial charge in [0.2, 0.25) is 5.91 Å². The maximum absolute atomic E-state index is 12.5. The number of rotatable bonds is 54. The predicted octanol–water partition coefficient (Wildman–Crippen LogP) is 19.3. The summed E-state index contributed by atoms with van der Waals surface area (Å²) >= 11 is 0.